The minimum atomic E-state index is -1.98. The lowest BCUT2D eigenvalue weighted by molar-refractivity contribution is -0.384. The fraction of sp³-hybridized carbons (Fsp3) is 0.619. The minimum Gasteiger partial charge on any atom is -0.445 e. The van der Waals surface area contributed by atoms with Crippen molar-refractivity contribution >= 4 is 37.0 Å². The van der Waals surface area contributed by atoms with Crippen LogP contribution in [0.3, 0.4) is 0 Å². The average Bonchev–Trinajstić information content (AvgIpc) is 3.06. The molecule has 1 saturated heterocycles. The first kappa shape index (κ1) is 25.3. The highest BCUT2D eigenvalue weighted by atomic mass is 32.2. The van der Waals surface area contributed by atoms with Gasteiger partial charge in [-0.15, -0.1) is 0 Å². The van der Waals surface area contributed by atoms with Gasteiger partial charge in [0.15, 0.2) is 13.4 Å². The maximum absolute atomic E-state index is 12.8. The molecule has 1 aromatic rings. The van der Waals surface area contributed by atoms with Crippen molar-refractivity contribution in [3.8, 4) is 0 Å². The summed E-state index contributed by atoms with van der Waals surface area (Å²) in [5, 5.41) is 10.9. The van der Waals surface area contributed by atoms with Crippen LogP contribution in [0.1, 0.15) is 39.7 Å². The normalized spacial score (nSPS) is 19.4. The molecule has 1 fully saturated rings. The molecule has 1 aliphatic rings. The number of nitro benzene ring substituents is 1. The van der Waals surface area contributed by atoms with Crippen LogP contribution in [-0.4, -0.2) is 53.8 Å². The van der Waals surface area contributed by atoms with Gasteiger partial charge in [0, 0.05) is 30.9 Å². The molecule has 0 saturated carbocycles. The van der Waals surface area contributed by atoms with E-state index in [2.05, 4.69) is 33.9 Å². The highest BCUT2D eigenvalue weighted by Crippen LogP contribution is 2.37. The van der Waals surface area contributed by atoms with Crippen molar-refractivity contribution in [1.82, 2.24) is 4.90 Å². The van der Waals surface area contributed by atoms with Gasteiger partial charge in [0.1, 0.15) is 6.61 Å². The van der Waals surface area contributed by atoms with E-state index in [1.165, 1.54) is 30.8 Å². The van der Waals surface area contributed by atoms with Crippen molar-refractivity contribution < 1.29 is 23.7 Å². The van der Waals surface area contributed by atoms with Gasteiger partial charge in [-0.25, -0.2) is 4.79 Å². The van der Waals surface area contributed by atoms with Crippen molar-refractivity contribution in [2.75, 3.05) is 13.2 Å². The van der Waals surface area contributed by atoms with E-state index in [0.717, 1.165) is 0 Å². The Hall–Kier alpha value is -1.91. The Morgan fingerprint density at radius 2 is 1.87 bits per heavy atom. The van der Waals surface area contributed by atoms with E-state index in [4.69, 9.17) is 9.16 Å². The molecule has 0 spiro atoms. The molecular weight excluding hydrogens is 436 g/mol. The number of benzene rings is 1. The van der Waals surface area contributed by atoms with Crippen LogP contribution in [0.15, 0.2) is 24.3 Å². The number of non-ortho nitro benzene ring substituents is 1. The summed E-state index contributed by atoms with van der Waals surface area (Å²) in [5.41, 5.74) is 0.656. The summed E-state index contributed by atoms with van der Waals surface area (Å²) in [6.45, 7) is 13.2. The van der Waals surface area contributed by atoms with Crippen molar-refractivity contribution in [1.29, 1.82) is 0 Å². The van der Waals surface area contributed by atoms with Crippen LogP contribution in [0.5, 0.6) is 0 Å². The van der Waals surface area contributed by atoms with Crippen LogP contribution < -0.4 is 0 Å². The van der Waals surface area contributed by atoms with Crippen LogP contribution in [0.25, 0.3) is 0 Å². The van der Waals surface area contributed by atoms with E-state index in [1.54, 1.807) is 17.0 Å². The van der Waals surface area contributed by atoms with Crippen LogP contribution in [0, 0.1) is 10.1 Å². The van der Waals surface area contributed by atoms with Gasteiger partial charge >= 0.3 is 6.09 Å². The molecule has 0 aromatic heterocycles. The first-order valence-corrected chi connectivity index (χ1v) is 14.1. The van der Waals surface area contributed by atoms with Crippen molar-refractivity contribution in [3.63, 3.8) is 0 Å². The molecule has 2 atom stereocenters. The maximum Gasteiger partial charge on any atom is 0.410 e. The summed E-state index contributed by atoms with van der Waals surface area (Å²) in [6, 6.07) is 5.75. The number of carbonyl (C=O) groups excluding carboxylic acids is 2. The Morgan fingerprint density at radius 3 is 2.39 bits per heavy atom. The topological polar surface area (TPSA) is 99.0 Å². The summed E-state index contributed by atoms with van der Waals surface area (Å²) < 4.78 is 11.8. The quantitative estimate of drug-likeness (QED) is 0.316. The molecule has 8 nitrogen and oxygen atoms in total. The first-order valence-electron chi connectivity index (χ1n) is 10.3. The number of nitrogens with zero attached hydrogens (tertiary/aromatic N) is 2. The number of thioether (sulfide) groups is 1. The van der Waals surface area contributed by atoms with Crippen molar-refractivity contribution in [3.05, 3.63) is 39.9 Å². The molecular formula is C21H32N2O6SSi. The Bertz CT molecular complexity index is 809. The fourth-order valence-electron chi connectivity index (χ4n) is 3.04. The molecule has 1 aromatic carbocycles. The molecule has 2 rings (SSSR count). The van der Waals surface area contributed by atoms with Crippen LogP contribution >= 0.6 is 11.8 Å². The molecule has 31 heavy (non-hydrogen) atoms. The Balaban J connectivity index is 2.03. The molecule has 0 bridgehead atoms. The molecule has 1 amide bonds. The Labute approximate surface area is 188 Å². The minimum absolute atomic E-state index is 0.0115. The highest BCUT2D eigenvalue weighted by Gasteiger charge is 2.41. The van der Waals surface area contributed by atoms with Crippen LogP contribution in [0.4, 0.5) is 10.5 Å². The molecule has 0 radical (unpaired) electrons. The van der Waals surface area contributed by atoms with Gasteiger partial charge in [-0.1, -0.05) is 32.5 Å². The SMILES string of the molecule is CC(=O)S[C@H]1C[C@@H](CO[Si](C)(C)C(C)(C)C)N(C(=O)OCc2ccc([N+](=O)[O-])cc2)C1. The molecule has 0 aliphatic carbocycles. The van der Waals surface area contributed by atoms with E-state index in [9.17, 15) is 19.7 Å². The van der Waals surface area contributed by atoms with Gasteiger partial charge < -0.3 is 14.1 Å². The van der Waals surface area contributed by atoms with Gasteiger partial charge in [-0.05, 0) is 42.2 Å². The lowest BCUT2D eigenvalue weighted by Gasteiger charge is -2.37. The van der Waals surface area contributed by atoms with Crippen molar-refractivity contribution in [2.45, 2.75) is 70.1 Å². The third kappa shape index (κ3) is 7.05. The number of rotatable bonds is 7. The number of amides is 1. The van der Waals surface area contributed by atoms with Gasteiger partial charge in [-0.2, -0.15) is 0 Å². The average molecular weight is 469 g/mol. The molecule has 0 N–H and O–H groups in total. The number of ether oxygens (including phenoxy) is 1. The molecule has 172 valence electrons. The van der Waals surface area contributed by atoms with Crippen LogP contribution in [-0.2, 0) is 20.6 Å². The summed E-state index contributed by atoms with van der Waals surface area (Å²) in [7, 11) is -1.98. The number of carbonyl (C=O) groups is 2. The first-order chi connectivity index (χ1) is 14.3. The standard InChI is InChI=1S/C21H32N2O6SSi/c1-15(24)30-19-11-18(14-29-31(5,6)21(2,3)4)22(12-19)20(25)28-13-16-7-9-17(10-8-16)23(26)27/h7-10,18-19H,11-14H2,1-6H3/t18-,19-/m0/s1. The Morgan fingerprint density at radius 1 is 1.26 bits per heavy atom. The van der Waals surface area contributed by atoms with E-state index in [1.807, 2.05) is 0 Å². The second-order valence-corrected chi connectivity index (χ2v) is 15.6. The van der Waals surface area contributed by atoms with Gasteiger partial charge in [0.25, 0.3) is 5.69 Å². The highest BCUT2D eigenvalue weighted by molar-refractivity contribution is 8.14. The smallest absolute Gasteiger partial charge is 0.410 e. The summed E-state index contributed by atoms with van der Waals surface area (Å²) in [5.74, 6) is 0. The van der Waals surface area contributed by atoms with Crippen molar-refractivity contribution in [2.24, 2.45) is 0 Å². The van der Waals surface area contributed by atoms with Gasteiger partial charge in [-0.3, -0.25) is 14.9 Å². The zero-order valence-electron chi connectivity index (χ0n) is 19.0. The molecule has 1 heterocycles. The largest absolute Gasteiger partial charge is 0.445 e. The zero-order valence-corrected chi connectivity index (χ0v) is 20.9. The Kier molecular flexibility index (Phi) is 8.29. The monoisotopic (exact) mass is 468 g/mol. The lowest BCUT2D eigenvalue weighted by Crippen LogP contribution is -2.46. The summed E-state index contributed by atoms with van der Waals surface area (Å²) >= 11 is 1.25. The zero-order chi connectivity index (χ0) is 23.4. The number of likely N-dealkylation sites (tertiary alicyclic amines) is 1. The fourth-order valence-corrected chi connectivity index (χ4v) is 5.10. The summed E-state index contributed by atoms with van der Waals surface area (Å²) in [4.78, 5) is 36.3. The van der Waals surface area contributed by atoms with Gasteiger partial charge in [0.05, 0.1) is 17.6 Å². The number of hydrogen-bond acceptors (Lipinski definition) is 7. The number of hydrogen-bond donors (Lipinski definition) is 0. The van der Waals surface area contributed by atoms with Crippen LogP contribution in [0.2, 0.25) is 18.1 Å². The van der Waals surface area contributed by atoms with E-state index in [-0.39, 0.29) is 33.7 Å². The molecule has 0 unspecified atom stereocenters. The van der Waals surface area contributed by atoms with E-state index >= 15 is 0 Å². The van der Waals surface area contributed by atoms with Gasteiger partial charge in [0.2, 0.25) is 0 Å². The van der Waals surface area contributed by atoms with E-state index < -0.39 is 19.3 Å². The third-order valence-electron chi connectivity index (χ3n) is 5.90. The predicted molar refractivity (Wildman–Crippen MR) is 124 cm³/mol. The molecule has 10 heteroatoms. The predicted octanol–water partition coefficient (Wildman–Crippen LogP) is 4.98. The lowest BCUT2D eigenvalue weighted by atomic mass is 10.2. The summed E-state index contributed by atoms with van der Waals surface area (Å²) in [6.07, 6.45) is 0.208. The maximum atomic E-state index is 12.8. The third-order valence-corrected chi connectivity index (χ3v) is 11.4. The number of nitro groups is 1. The second-order valence-electron chi connectivity index (χ2n) is 9.32. The van der Waals surface area contributed by atoms with E-state index in [0.29, 0.717) is 25.1 Å². The molecule has 1 aliphatic heterocycles. The second kappa shape index (κ2) is 10.1.